The van der Waals surface area contributed by atoms with Crippen molar-refractivity contribution in [3.8, 4) is 6.07 Å². The van der Waals surface area contributed by atoms with Crippen molar-refractivity contribution in [1.29, 1.82) is 5.26 Å². The first-order valence-electron chi connectivity index (χ1n) is 5.33. The quantitative estimate of drug-likeness (QED) is 0.828. The Morgan fingerprint density at radius 1 is 1.69 bits per heavy atom. The molecular weight excluding hydrogens is 204 g/mol. The van der Waals surface area contributed by atoms with Gasteiger partial charge in [-0.25, -0.2) is 9.97 Å². The Hall–Kier alpha value is -1.67. The Morgan fingerprint density at radius 2 is 2.56 bits per heavy atom. The summed E-state index contributed by atoms with van der Waals surface area (Å²) in [5.74, 6) is 0.482. The Labute approximate surface area is 94.5 Å². The maximum Gasteiger partial charge on any atom is 0.223 e. The number of hydrogen-bond donors (Lipinski definition) is 1. The molecule has 16 heavy (non-hydrogen) atoms. The Morgan fingerprint density at radius 3 is 3.25 bits per heavy atom. The van der Waals surface area contributed by atoms with Crippen molar-refractivity contribution < 1.29 is 4.74 Å². The van der Waals surface area contributed by atoms with Crippen molar-refractivity contribution >= 4 is 5.95 Å². The highest BCUT2D eigenvalue weighted by atomic mass is 16.5. The van der Waals surface area contributed by atoms with Crippen molar-refractivity contribution in [3.05, 3.63) is 18.0 Å². The summed E-state index contributed by atoms with van der Waals surface area (Å²) in [4.78, 5) is 8.09. The minimum atomic E-state index is -0.133. The summed E-state index contributed by atoms with van der Waals surface area (Å²) in [6, 6.07) is 3.56. The number of hydrogen-bond acceptors (Lipinski definition) is 5. The van der Waals surface area contributed by atoms with Crippen molar-refractivity contribution in [2.24, 2.45) is 0 Å². The minimum absolute atomic E-state index is 0.133. The molecular formula is C11H14N4O. The predicted octanol–water partition coefficient (Wildman–Crippen LogP) is 1.33. The summed E-state index contributed by atoms with van der Waals surface area (Å²) in [6.07, 6.45) is 3.71. The van der Waals surface area contributed by atoms with Gasteiger partial charge in [-0.2, -0.15) is 5.26 Å². The number of aromatic nitrogens is 2. The third-order valence-electron chi connectivity index (χ3n) is 2.69. The first kappa shape index (κ1) is 10.8. The monoisotopic (exact) mass is 218 g/mol. The minimum Gasteiger partial charge on any atom is -0.373 e. The Balaban J connectivity index is 1.96. The first-order chi connectivity index (χ1) is 7.72. The Kier molecular flexibility index (Phi) is 3.02. The van der Waals surface area contributed by atoms with E-state index >= 15 is 0 Å². The summed E-state index contributed by atoms with van der Waals surface area (Å²) in [6.45, 7) is 3.56. The summed E-state index contributed by atoms with van der Waals surface area (Å²) < 4.78 is 5.64. The van der Waals surface area contributed by atoms with E-state index in [4.69, 9.17) is 10.00 Å². The average molecular weight is 218 g/mol. The molecule has 2 heterocycles. The third-order valence-corrected chi connectivity index (χ3v) is 2.69. The molecule has 5 nitrogen and oxygen atoms in total. The molecule has 84 valence electrons. The molecule has 1 atom stereocenters. The van der Waals surface area contributed by atoms with Crippen LogP contribution >= 0.6 is 0 Å². The van der Waals surface area contributed by atoms with Gasteiger partial charge in [0.05, 0.1) is 5.60 Å². The smallest absolute Gasteiger partial charge is 0.223 e. The van der Waals surface area contributed by atoms with Crippen molar-refractivity contribution in [1.82, 2.24) is 9.97 Å². The van der Waals surface area contributed by atoms with Crippen LogP contribution in [-0.4, -0.2) is 28.7 Å². The molecule has 1 aromatic heterocycles. The van der Waals surface area contributed by atoms with Crippen LogP contribution in [0.25, 0.3) is 0 Å². The molecule has 1 aromatic rings. The number of nitriles is 1. The highest BCUT2D eigenvalue weighted by molar-refractivity contribution is 5.30. The maximum atomic E-state index is 8.70. The van der Waals surface area contributed by atoms with Gasteiger partial charge in [0.25, 0.3) is 0 Å². The summed E-state index contributed by atoms with van der Waals surface area (Å²) >= 11 is 0. The highest BCUT2D eigenvalue weighted by Gasteiger charge is 2.29. The summed E-state index contributed by atoms with van der Waals surface area (Å²) in [5.41, 5.74) is 0.237. The van der Waals surface area contributed by atoms with Gasteiger partial charge in [-0.1, -0.05) is 0 Å². The van der Waals surface area contributed by atoms with Gasteiger partial charge in [-0.3, -0.25) is 0 Å². The molecule has 0 amide bonds. The molecule has 0 aliphatic carbocycles. The zero-order valence-electron chi connectivity index (χ0n) is 9.23. The van der Waals surface area contributed by atoms with Gasteiger partial charge in [0.1, 0.15) is 11.8 Å². The fourth-order valence-corrected chi connectivity index (χ4v) is 1.75. The van der Waals surface area contributed by atoms with Crippen molar-refractivity contribution in [3.63, 3.8) is 0 Å². The van der Waals surface area contributed by atoms with E-state index in [1.807, 2.05) is 6.07 Å². The standard InChI is InChI=1S/C11H14N4O/c1-11(4-2-6-16-11)8-14-10-13-5-3-9(7-12)15-10/h3,5H,2,4,6,8H2,1H3,(H,13,14,15). The number of nitrogens with zero attached hydrogens (tertiary/aromatic N) is 3. The second-order valence-corrected chi connectivity index (χ2v) is 4.13. The van der Waals surface area contributed by atoms with Crippen LogP contribution in [-0.2, 0) is 4.74 Å². The van der Waals surface area contributed by atoms with E-state index in [0.29, 0.717) is 18.2 Å². The van der Waals surface area contributed by atoms with Crippen LogP contribution in [0.15, 0.2) is 12.3 Å². The van der Waals surface area contributed by atoms with Crippen molar-refractivity contribution in [2.45, 2.75) is 25.4 Å². The van der Waals surface area contributed by atoms with E-state index in [1.54, 1.807) is 12.3 Å². The van der Waals surface area contributed by atoms with Crippen LogP contribution in [0.2, 0.25) is 0 Å². The second-order valence-electron chi connectivity index (χ2n) is 4.13. The lowest BCUT2D eigenvalue weighted by Gasteiger charge is -2.23. The molecule has 1 unspecified atom stereocenters. The zero-order valence-corrected chi connectivity index (χ0v) is 9.23. The topological polar surface area (TPSA) is 70.8 Å². The molecule has 1 aliphatic heterocycles. The van der Waals surface area contributed by atoms with Crippen LogP contribution in [0.4, 0.5) is 5.95 Å². The molecule has 0 radical (unpaired) electrons. The summed E-state index contributed by atoms with van der Waals surface area (Å²) in [7, 11) is 0. The predicted molar refractivity (Wildman–Crippen MR) is 58.8 cm³/mol. The van der Waals surface area contributed by atoms with E-state index < -0.39 is 0 Å². The molecule has 1 fully saturated rings. The van der Waals surface area contributed by atoms with Gasteiger partial charge >= 0.3 is 0 Å². The molecule has 0 spiro atoms. The molecule has 0 aromatic carbocycles. The number of rotatable bonds is 3. The van der Waals surface area contributed by atoms with Gasteiger partial charge in [-0.05, 0) is 25.8 Å². The van der Waals surface area contributed by atoms with E-state index in [0.717, 1.165) is 19.4 Å². The van der Waals surface area contributed by atoms with Crippen LogP contribution in [0.1, 0.15) is 25.5 Å². The lowest BCUT2D eigenvalue weighted by molar-refractivity contribution is 0.0314. The van der Waals surface area contributed by atoms with Gasteiger partial charge < -0.3 is 10.1 Å². The van der Waals surface area contributed by atoms with Gasteiger partial charge in [0.2, 0.25) is 5.95 Å². The van der Waals surface area contributed by atoms with Crippen LogP contribution in [0.3, 0.4) is 0 Å². The zero-order chi connectivity index (χ0) is 11.4. The second kappa shape index (κ2) is 4.45. The Bertz CT molecular complexity index is 407. The molecule has 1 saturated heterocycles. The fourth-order valence-electron chi connectivity index (χ4n) is 1.75. The normalized spacial score (nSPS) is 24.0. The highest BCUT2D eigenvalue weighted by Crippen LogP contribution is 2.24. The average Bonchev–Trinajstić information content (AvgIpc) is 2.75. The fraction of sp³-hybridized carbons (Fsp3) is 0.545. The third kappa shape index (κ3) is 2.47. The maximum absolute atomic E-state index is 8.70. The van der Waals surface area contributed by atoms with E-state index in [-0.39, 0.29) is 5.60 Å². The van der Waals surface area contributed by atoms with Gasteiger partial charge in [0.15, 0.2) is 0 Å². The summed E-state index contributed by atoms with van der Waals surface area (Å²) in [5, 5.41) is 11.8. The molecule has 0 saturated carbocycles. The lowest BCUT2D eigenvalue weighted by atomic mass is 10.0. The van der Waals surface area contributed by atoms with E-state index in [1.165, 1.54) is 0 Å². The molecule has 1 N–H and O–H groups in total. The molecule has 2 rings (SSSR count). The van der Waals surface area contributed by atoms with Crippen LogP contribution < -0.4 is 5.32 Å². The van der Waals surface area contributed by atoms with Crippen molar-refractivity contribution in [2.75, 3.05) is 18.5 Å². The van der Waals surface area contributed by atoms with E-state index in [9.17, 15) is 0 Å². The van der Waals surface area contributed by atoms with Gasteiger partial charge in [-0.15, -0.1) is 0 Å². The van der Waals surface area contributed by atoms with Crippen LogP contribution in [0.5, 0.6) is 0 Å². The van der Waals surface area contributed by atoms with Gasteiger partial charge in [0, 0.05) is 19.3 Å². The number of ether oxygens (including phenoxy) is 1. The molecule has 1 aliphatic rings. The van der Waals surface area contributed by atoms with E-state index in [2.05, 4.69) is 22.2 Å². The molecule has 5 heteroatoms. The first-order valence-corrected chi connectivity index (χ1v) is 5.33. The largest absolute Gasteiger partial charge is 0.373 e. The van der Waals surface area contributed by atoms with Crippen LogP contribution in [0, 0.1) is 11.3 Å². The number of nitrogens with one attached hydrogen (secondary N) is 1. The molecule has 0 bridgehead atoms. The number of anilines is 1. The SMILES string of the molecule is CC1(CNc2nccc(C#N)n2)CCCO1. The lowest BCUT2D eigenvalue weighted by Crippen LogP contribution is -2.33.